The molecule has 0 fully saturated rings. The van der Waals surface area contributed by atoms with Gasteiger partial charge in [0.25, 0.3) is 0 Å². The maximum absolute atomic E-state index is 12.2. The Labute approximate surface area is 149 Å². The van der Waals surface area contributed by atoms with Gasteiger partial charge in [-0.3, -0.25) is 0 Å². The van der Waals surface area contributed by atoms with Gasteiger partial charge in [0.15, 0.2) is 0 Å². The number of nitrogens with one attached hydrogen (secondary N) is 1. The van der Waals surface area contributed by atoms with Gasteiger partial charge < -0.3 is 25.0 Å². The van der Waals surface area contributed by atoms with Crippen molar-refractivity contribution in [2.75, 3.05) is 6.54 Å². The molecule has 0 spiro atoms. The summed E-state index contributed by atoms with van der Waals surface area (Å²) >= 11 is 0. The van der Waals surface area contributed by atoms with Crippen molar-refractivity contribution in [3.05, 3.63) is 65.7 Å². The molecule has 26 heavy (non-hydrogen) atoms. The highest BCUT2D eigenvalue weighted by Crippen LogP contribution is 2.22. The van der Waals surface area contributed by atoms with Crippen LogP contribution in [0.15, 0.2) is 54.6 Å². The molecule has 1 amide bonds. The van der Waals surface area contributed by atoms with Crippen LogP contribution in [-0.2, 0) is 11.3 Å². The van der Waals surface area contributed by atoms with E-state index in [0.717, 1.165) is 5.56 Å². The minimum absolute atomic E-state index is 0.0678. The summed E-state index contributed by atoms with van der Waals surface area (Å²) in [5, 5.41) is 22.4. The number of benzene rings is 2. The van der Waals surface area contributed by atoms with Crippen LogP contribution in [0.1, 0.15) is 17.2 Å². The van der Waals surface area contributed by atoms with E-state index in [0.29, 0.717) is 0 Å². The normalized spacial score (nSPS) is 13.1. The van der Waals surface area contributed by atoms with E-state index in [1.807, 2.05) is 18.2 Å². The molecule has 0 aliphatic carbocycles. The first-order valence-electron chi connectivity index (χ1n) is 7.81. The molecule has 140 valence electrons. The number of alkyl carbamates (subject to hydrolysis) is 1. The van der Waals surface area contributed by atoms with Gasteiger partial charge in [-0.1, -0.05) is 42.5 Å². The highest BCUT2D eigenvalue weighted by atomic mass is 19.3. The number of rotatable bonds is 8. The van der Waals surface area contributed by atoms with Crippen LogP contribution in [0, 0.1) is 0 Å². The van der Waals surface area contributed by atoms with Crippen LogP contribution in [0.2, 0.25) is 0 Å². The largest absolute Gasteiger partial charge is 0.445 e. The van der Waals surface area contributed by atoms with E-state index in [4.69, 9.17) is 4.74 Å². The van der Waals surface area contributed by atoms with Crippen LogP contribution >= 0.6 is 0 Å². The summed E-state index contributed by atoms with van der Waals surface area (Å²) in [6.07, 6.45) is -3.51. The van der Waals surface area contributed by atoms with E-state index in [1.54, 1.807) is 12.1 Å². The first-order chi connectivity index (χ1) is 12.5. The second-order valence-electron chi connectivity index (χ2n) is 5.41. The second kappa shape index (κ2) is 9.69. The molecule has 0 radical (unpaired) electrons. The summed E-state index contributed by atoms with van der Waals surface area (Å²) in [4.78, 5) is 11.6. The number of amides is 1. The first-order valence-corrected chi connectivity index (χ1v) is 7.81. The van der Waals surface area contributed by atoms with Crippen molar-refractivity contribution < 1.29 is 33.3 Å². The van der Waals surface area contributed by atoms with Crippen molar-refractivity contribution in [2.45, 2.75) is 25.4 Å². The van der Waals surface area contributed by atoms with E-state index < -0.39 is 24.9 Å². The number of ether oxygens (including phenoxy) is 2. The summed E-state index contributed by atoms with van der Waals surface area (Å²) in [6, 6.07) is 14.4. The lowest BCUT2D eigenvalue weighted by atomic mass is 10.0. The molecule has 8 heteroatoms. The zero-order valence-corrected chi connectivity index (χ0v) is 13.7. The molecular weight excluding hydrogens is 348 g/mol. The van der Waals surface area contributed by atoms with Gasteiger partial charge in [-0.05, 0) is 23.3 Å². The fraction of sp³-hybridized carbons (Fsp3) is 0.278. The number of hydrogen-bond acceptors (Lipinski definition) is 5. The first kappa shape index (κ1) is 19.6. The van der Waals surface area contributed by atoms with Gasteiger partial charge in [-0.25, -0.2) is 4.79 Å². The van der Waals surface area contributed by atoms with E-state index in [1.165, 1.54) is 24.3 Å². The number of halogens is 2. The van der Waals surface area contributed by atoms with Gasteiger partial charge in [0.2, 0.25) is 0 Å². The smallest absolute Gasteiger partial charge is 0.407 e. The van der Waals surface area contributed by atoms with Gasteiger partial charge in [-0.15, -0.1) is 0 Å². The van der Waals surface area contributed by atoms with Crippen molar-refractivity contribution in [2.24, 2.45) is 0 Å². The van der Waals surface area contributed by atoms with Crippen LogP contribution in [0.3, 0.4) is 0 Å². The lowest BCUT2D eigenvalue weighted by Crippen LogP contribution is -2.35. The Balaban J connectivity index is 1.81. The number of carbonyl (C=O) groups excluding carboxylic acids is 1. The molecule has 0 aliphatic heterocycles. The molecular formula is C18H19F2NO5. The van der Waals surface area contributed by atoms with Crippen LogP contribution in [0.5, 0.6) is 5.75 Å². The minimum atomic E-state index is -2.99. The van der Waals surface area contributed by atoms with Gasteiger partial charge in [0.1, 0.15) is 24.6 Å². The molecule has 6 nitrogen and oxygen atoms in total. The molecule has 2 aromatic rings. The average molecular weight is 367 g/mol. The minimum Gasteiger partial charge on any atom is -0.445 e. The highest BCUT2D eigenvalue weighted by Gasteiger charge is 2.20. The topological polar surface area (TPSA) is 88.0 Å². The Morgan fingerprint density at radius 3 is 2.50 bits per heavy atom. The van der Waals surface area contributed by atoms with Crippen LogP contribution in [-0.4, -0.2) is 35.6 Å². The molecule has 0 aliphatic rings. The van der Waals surface area contributed by atoms with E-state index in [9.17, 15) is 23.8 Å². The molecule has 2 unspecified atom stereocenters. The van der Waals surface area contributed by atoms with Crippen LogP contribution in [0.25, 0.3) is 0 Å². The SMILES string of the molecule is O=C(NCC(O)C(O)c1cccc(OC(F)F)c1)OCc1ccccc1. The Kier molecular flexibility index (Phi) is 7.31. The van der Waals surface area contributed by atoms with Crippen LogP contribution in [0.4, 0.5) is 13.6 Å². The highest BCUT2D eigenvalue weighted by molar-refractivity contribution is 5.67. The van der Waals surface area contributed by atoms with Crippen molar-refractivity contribution >= 4 is 6.09 Å². The number of aliphatic hydroxyl groups is 2. The third kappa shape index (κ3) is 6.30. The predicted molar refractivity (Wildman–Crippen MR) is 88.7 cm³/mol. The fourth-order valence-corrected chi connectivity index (χ4v) is 2.17. The van der Waals surface area contributed by atoms with Gasteiger partial charge >= 0.3 is 12.7 Å². The van der Waals surface area contributed by atoms with Crippen LogP contribution < -0.4 is 10.1 Å². The standard InChI is InChI=1S/C18H19F2NO5/c19-17(20)26-14-8-4-7-13(9-14)16(23)15(22)10-21-18(24)25-11-12-5-2-1-3-6-12/h1-9,15-17,22-23H,10-11H2,(H,21,24). The molecule has 0 saturated heterocycles. The Morgan fingerprint density at radius 2 is 1.81 bits per heavy atom. The summed E-state index contributed by atoms with van der Waals surface area (Å²) in [6.45, 7) is -3.21. The lowest BCUT2D eigenvalue weighted by Gasteiger charge is -2.19. The molecule has 2 aromatic carbocycles. The van der Waals surface area contributed by atoms with Crippen molar-refractivity contribution in [1.29, 1.82) is 0 Å². The fourth-order valence-electron chi connectivity index (χ4n) is 2.17. The van der Waals surface area contributed by atoms with Crippen molar-refractivity contribution in [3.8, 4) is 5.75 Å². The summed E-state index contributed by atoms with van der Waals surface area (Å²) in [5.74, 6) is -0.140. The van der Waals surface area contributed by atoms with Crippen molar-refractivity contribution in [1.82, 2.24) is 5.32 Å². The third-order valence-corrected chi connectivity index (χ3v) is 3.46. The van der Waals surface area contributed by atoms with Gasteiger partial charge in [0, 0.05) is 6.54 Å². The molecule has 3 N–H and O–H groups in total. The second-order valence-corrected chi connectivity index (χ2v) is 5.41. The summed E-state index contributed by atoms with van der Waals surface area (Å²) < 4.78 is 33.7. The molecule has 0 bridgehead atoms. The van der Waals surface area contributed by atoms with E-state index >= 15 is 0 Å². The lowest BCUT2D eigenvalue weighted by molar-refractivity contribution is -0.0501. The molecule has 0 saturated carbocycles. The number of carbonyl (C=O) groups is 1. The zero-order valence-electron chi connectivity index (χ0n) is 13.7. The summed E-state index contributed by atoms with van der Waals surface area (Å²) in [5.41, 5.74) is 0.981. The third-order valence-electron chi connectivity index (χ3n) is 3.46. The van der Waals surface area contributed by atoms with E-state index in [2.05, 4.69) is 10.1 Å². The number of alkyl halides is 2. The average Bonchev–Trinajstić information content (AvgIpc) is 2.64. The maximum atomic E-state index is 12.2. The quantitative estimate of drug-likeness (QED) is 0.668. The monoisotopic (exact) mass is 367 g/mol. The predicted octanol–water partition coefficient (Wildman–Crippen LogP) is 2.61. The zero-order chi connectivity index (χ0) is 18.9. The number of aliphatic hydroxyl groups excluding tert-OH is 2. The number of hydrogen-bond donors (Lipinski definition) is 3. The molecule has 2 atom stereocenters. The molecule has 2 rings (SSSR count). The molecule has 0 heterocycles. The Morgan fingerprint density at radius 1 is 1.08 bits per heavy atom. The van der Waals surface area contributed by atoms with Crippen molar-refractivity contribution in [3.63, 3.8) is 0 Å². The molecule has 0 aromatic heterocycles. The van der Waals surface area contributed by atoms with E-state index in [-0.39, 0.29) is 24.5 Å². The Hall–Kier alpha value is -2.71. The van der Waals surface area contributed by atoms with Gasteiger partial charge in [0.05, 0.1) is 0 Å². The Bertz CT molecular complexity index is 699. The summed E-state index contributed by atoms with van der Waals surface area (Å²) in [7, 11) is 0. The maximum Gasteiger partial charge on any atom is 0.407 e. The van der Waals surface area contributed by atoms with Gasteiger partial charge in [-0.2, -0.15) is 8.78 Å².